The molecule has 0 saturated heterocycles. The number of ether oxygens (including phenoxy) is 1. The lowest BCUT2D eigenvalue weighted by Crippen LogP contribution is -2.45. The summed E-state index contributed by atoms with van der Waals surface area (Å²) in [4.78, 5) is 24.7. The predicted octanol–water partition coefficient (Wildman–Crippen LogP) is 25.0. The number of esters is 1. The largest absolute Gasteiger partial charge is 0.466 e. The van der Waals surface area contributed by atoms with Gasteiger partial charge in [-0.25, -0.2) is 0 Å². The minimum Gasteiger partial charge on any atom is -0.466 e. The molecule has 0 saturated carbocycles. The Labute approximate surface area is 525 Å². The first-order chi connectivity index (χ1) is 41.5. The van der Waals surface area contributed by atoms with Gasteiger partial charge in [-0.15, -0.1) is 0 Å². The minimum absolute atomic E-state index is 0.0142. The molecule has 0 aliphatic carbocycles. The summed E-state index contributed by atoms with van der Waals surface area (Å²) < 4.78 is 5.51. The van der Waals surface area contributed by atoms with Crippen LogP contribution in [0.3, 0.4) is 0 Å². The maximum absolute atomic E-state index is 12.5. The van der Waals surface area contributed by atoms with Crippen molar-refractivity contribution in [1.29, 1.82) is 0 Å². The lowest BCUT2D eigenvalue weighted by Gasteiger charge is -2.20. The van der Waals surface area contributed by atoms with Gasteiger partial charge in [0.15, 0.2) is 0 Å². The first kappa shape index (κ1) is 82.1. The fourth-order valence-corrected chi connectivity index (χ4v) is 12.1. The summed E-state index contributed by atoms with van der Waals surface area (Å²) in [6, 6.07) is -0.634. The number of allylic oxidation sites excluding steroid dienone is 5. The van der Waals surface area contributed by atoms with E-state index in [2.05, 4.69) is 43.5 Å². The van der Waals surface area contributed by atoms with Gasteiger partial charge in [0.05, 0.1) is 25.4 Å². The molecule has 0 aliphatic rings. The lowest BCUT2D eigenvalue weighted by molar-refractivity contribution is -0.143. The highest BCUT2D eigenvalue weighted by Gasteiger charge is 2.18. The van der Waals surface area contributed by atoms with Crippen LogP contribution in [0.2, 0.25) is 0 Å². The van der Waals surface area contributed by atoms with Gasteiger partial charge in [0, 0.05) is 12.8 Å². The van der Waals surface area contributed by atoms with Gasteiger partial charge >= 0.3 is 5.97 Å². The van der Waals surface area contributed by atoms with Gasteiger partial charge in [-0.1, -0.05) is 384 Å². The van der Waals surface area contributed by atoms with Gasteiger partial charge in [-0.3, -0.25) is 9.59 Å². The highest BCUT2D eigenvalue weighted by molar-refractivity contribution is 5.76. The van der Waals surface area contributed by atoms with Crippen LogP contribution in [0.15, 0.2) is 36.5 Å². The summed E-state index contributed by atoms with van der Waals surface area (Å²) in [5.41, 5.74) is 0. The number of rotatable bonds is 72. The molecule has 0 aliphatic heterocycles. The van der Waals surface area contributed by atoms with Crippen molar-refractivity contribution in [2.45, 2.75) is 437 Å². The Kier molecular flexibility index (Phi) is 71.9. The Morgan fingerprint density at radius 1 is 0.333 bits per heavy atom. The summed E-state index contributed by atoms with van der Waals surface area (Å²) in [7, 11) is 0. The Hall–Kier alpha value is -1.92. The van der Waals surface area contributed by atoms with Crippen molar-refractivity contribution in [1.82, 2.24) is 5.32 Å². The molecular weight excluding hydrogens is 1030 g/mol. The number of carbonyl (C=O) groups excluding carboxylic acids is 2. The van der Waals surface area contributed by atoms with E-state index in [1.165, 1.54) is 353 Å². The van der Waals surface area contributed by atoms with Crippen LogP contribution in [0.5, 0.6) is 0 Å². The van der Waals surface area contributed by atoms with E-state index in [4.69, 9.17) is 4.74 Å². The van der Waals surface area contributed by atoms with Crippen LogP contribution >= 0.6 is 0 Å². The van der Waals surface area contributed by atoms with E-state index in [0.29, 0.717) is 19.4 Å². The van der Waals surface area contributed by atoms with Crippen LogP contribution in [-0.2, 0) is 14.3 Å². The number of aliphatic hydroxyl groups is 2. The highest BCUT2D eigenvalue weighted by Crippen LogP contribution is 2.19. The zero-order valence-electron chi connectivity index (χ0n) is 56.9. The molecule has 0 rings (SSSR count). The van der Waals surface area contributed by atoms with E-state index in [9.17, 15) is 19.8 Å². The summed E-state index contributed by atoms with van der Waals surface area (Å²) in [5.74, 6) is -0.0557. The molecule has 6 heteroatoms. The zero-order chi connectivity index (χ0) is 60.6. The van der Waals surface area contributed by atoms with Crippen LogP contribution in [0.1, 0.15) is 425 Å². The zero-order valence-corrected chi connectivity index (χ0v) is 56.9. The van der Waals surface area contributed by atoms with E-state index in [-0.39, 0.29) is 18.5 Å². The van der Waals surface area contributed by atoms with Crippen molar-refractivity contribution in [2.24, 2.45) is 0 Å². The molecule has 2 unspecified atom stereocenters. The van der Waals surface area contributed by atoms with Gasteiger partial charge < -0.3 is 20.3 Å². The molecule has 0 fully saturated rings. The number of hydrogen-bond acceptors (Lipinski definition) is 5. The number of nitrogens with one attached hydrogen (secondary N) is 1. The molecule has 496 valence electrons. The van der Waals surface area contributed by atoms with Crippen molar-refractivity contribution < 1.29 is 24.5 Å². The van der Waals surface area contributed by atoms with E-state index in [1.807, 2.05) is 6.08 Å². The van der Waals surface area contributed by atoms with Crippen LogP contribution in [0.4, 0.5) is 0 Å². The van der Waals surface area contributed by atoms with Gasteiger partial charge in [0.1, 0.15) is 0 Å². The second-order valence-corrected chi connectivity index (χ2v) is 26.3. The van der Waals surface area contributed by atoms with Crippen LogP contribution in [0.25, 0.3) is 0 Å². The molecule has 0 radical (unpaired) electrons. The normalized spacial score (nSPS) is 12.7. The number of hydrogen-bond donors (Lipinski definition) is 3. The summed E-state index contributed by atoms with van der Waals surface area (Å²) in [6.45, 7) is 4.95. The standard InChI is InChI=1S/C78H149NO5/c1-3-5-7-9-11-13-15-17-19-21-23-24-28-31-35-38-42-46-50-54-58-62-66-70-76(81)75(74-80)79-77(82)71-67-63-59-55-51-47-43-39-36-32-29-26-25-27-30-33-37-41-45-49-53-57-61-65-69-73-84-78(83)72-68-64-60-56-52-48-44-40-34-22-20-18-16-14-12-10-8-6-4-2/h26-27,29-30,66,70,75-76,80-81H,3-25,28,31-65,67-69,71-74H2,1-2H3,(H,79,82)/b29-26-,30-27-,70-66+. The first-order valence-electron chi connectivity index (χ1n) is 38.3. The number of amides is 1. The third-order valence-electron chi connectivity index (χ3n) is 17.9. The second kappa shape index (κ2) is 73.5. The molecule has 0 aromatic carbocycles. The molecule has 84 heavy (non-hydrogen) atoms. The monoisotopic (exact) mass is 1180 g/mol. The molecule has 3 N–H and O–H groups in total. The fourth-order valence-electron chi connectivity index (χ4n) is 12.1. The SMILES string of the molecule is CCCCCCCCCCCCCCCCCCCCCCC/C=C/C(O)C(CO)NC(=O)CCCCCCCCCCC/C=C\C/C=C\CCCCCCCCCCCOC(=O)CCCCCCCCCCCCCCCCCCCCC. The highest BCUT2D eigenvalue weighted by atomic mass is 16.5. The Morgan fingerprint density at radius 3 is 0.905 bits per heavy atom. The van der Waals surface area contributed by atoms with E-state index < -0.39 is 12.1 Å². The average molecular weight is 1180 g/mol. The number of aliphatic hydroxyl groups excluding tert-OH is 2. The Bertz CT molecular complexity index is 1360. The van der Waals surface area contributed by atoms with Crippen LogP contribution < -0.4 is 5.32 Å². The molecule has 2 atom stereocenters. The molecule has 0 heterocycles. The topological polar surface area (TPSA) is 95.9 Å². The molecule has 6 nitrogen and oxygen atoms in total. The fraction of sp³-hybridized carbons (Fsp3) is 0.897. The Balaban J connectivity index is 3.43. The molecule has 1 amide bonds. The predicted molar refractivity (Wildman–Crippen MR) is 370 cm³/mol. The summed E-state index contributed by atoms with van der Waals surface area (Å²) >= 11 is 0. The van der Waals surface area contributed by atoms with E-state index in [0.717, 1.165) is 44.9 Å². The third-order valence-corrected chi connectivity index (χ3v) is 17.9. The van der Waals surface area contributed by atoms with Crippen molar-refractivity contribution >= 4 is 11.9 Å². The quantitative estimate of drug-likeness (QED) is 0.0320. The van der Waals surface area contributed by atoms with Crippen LogP contribution in [0, 0.1) is 0 Å². The van der Waals surface area contributed by atoms with Crippen molar-refractivity contribution in [3.8, 4) is 0 Å². The minimum atomic E-state index is -0.850. The van der Waals surface area contributed by atoms with Gasteiger partial charge in [0.2, 0.25) is 5.91 Å². The number of unbranched alkanes of at least 4 members (excludes halogenated alkanes) is 57. The number of carbonyl (C=O) groups is 2. The maximum Gasteiger partial charge on any atom is 0.305 e. The Morgan fingerprint density at radius 2 is 0.595 bits per heavy atom. The van der Waals surface area contributed by atoms with E-state index >= 15 is 0 Å². The van der Waals surface area contributed by atoms with Crippen molar-refractivity contribution in [3.05, 3.63) is 36.5 Å². The van der Waals surface area contributed by atoms with Crippen LogP contribution in [-0.4, -0.2) is 47.4 Å². The second-order valence-electron chi connectivity index (χ2n) is 26.3. The lowest BCUT2D eigenvalue weighted by atomic mass is 10.0. The molecule has 0 aromatic heterocycles. The summed E-state index contributed by atoms with van der Waals surface area (Å²) in [5, 5.41) is 23.3. The molecular formula is C78H149NO5. The molecule has 0 aromatic rings. The molecule has 0 bridgehead atoms. The summed E-state index contributed by atoms with van der Waals surface area (Å²) in [6.07, 6.45) is 95.3. The maximum atomic E-state index is 12.5. The molecule has 0 spiro atoms. The van der Waals surface area contributed by atoms with Crippen molar-refractivity contribution in [2.75, 3.05) is 13.2 Å². The van der Waals surface area contributed by atoms with Gasteiger partial charge in [-0.05, 0) is 64.2 Å². The van der Waals surface area contributed by atoms with Gasteiger partial charge in [0.25, 0.3) is 0 Å². The van der Waals surface area contributed by atoms with Gasteiger partial charge in [-0.2, -0.15) is 0 Å². The first-order valence-corrected chi connectivity index (χ1v) is 38.3. The van der Waals surface area contributed by atoms with Crippen molar-refractivity contribution in [3.63, 3.8) is 0 Å². The third kappa shape index (κ3) is 69.2. The average Bonchev–Trinajstić information content (AvgIpc) is 3.51. The van der Waals surface area contributed by atoms with E-state index in [1.54, 1.807) is 6.08 Å². The smallest absolute Gasteiger partial charge is 0.305 e.